The molecule has 3 rings (SSSR count). The van der Waals surface area contributed by atoms with E-state index in [9.17, 15) is 14.7 Å². The average molecular weight is 383 g/mol. The van der Waals surface area contributed by atoms with E-state index in [0.29, 0.717) is 29.2 Å². The summed E-state index contributed by atoms with van der Waals surface area (Å²) in [6.45, 7) is 2.13. The molecular weight excluding hydrogens is 358 g/mol. The standard InChI is InChI=1S/C21H25N3O4/c1-13-6-5-7-16(20(13)26)22-19(25)11-15-12-28-18-9-8-14(21(27)23(2)3)10-17(18)24(15)4/h5-10,15,26H,11-12H2,1-4H3,(H,22,25)/t15-/m1/s1. The second-order valence-electron chi connectivity index (χ2n) is 7.18. The van der Waals surface area contributed by atoms with Gasteiger partial charge in [-0.25, -0.2) is 0 Å². The summed E-state index contributed by atoms with van der Waals surface area (Å²) in [4.78, 5) is 28.2. The van der Waals surface area contributed by atoms with Crippen LogP contribution in [0.15, 0.2) is 36.4 Å². The molecule has 0 saturated carbocycles. The molecule has 0 spiro atoms. The number of phenolic OH excluding ortho intramolecular Hbond substituents is 1. The van der Waals surface area contributed by atoms with Crippen molar-refractivity contribution in [2.45, 2.75) is 19.4 Å². The highest BCUT2D eigenvalue weighted by Gasteiger charge is 2.28. The fourth-order valence-corrected chi connectivity index (χ4v) is 3.17. The Morgan fingerprint density at radius 3 is 2.75 bits per heavy atom. The number of nitrogens with zero attached hydrogens (tertiary/aromatic N) is 2. The van der Waals surface area contributed by atoms with Gasteiger partial charge in [0.15, 0.2) is 0 Å². The van der Waals surface area contributed by atoms with Crippen LogP contribution >= 0.6 is 0 Å². The van der Waals surface area contributed by atoms with Crippen LogP contribution in [0.1, 0.15) is 22.3 Å². The first kappa shape index (κ1) is 19.5. The number of nitrogens with one attached hydrogen (secondary N) is 1. The molecule has 0 unspecified atom stereocenters. The van der Waals surface area contributed by atoms with Crippen LogP contribution in [0.2, 0.25) is 0 Å². The molecule has 0 radical (unpaired) electrons. The van der Waals surface area contributed by atoms with Crippen LogP contribution < -0.4 is 15.0 Å². The van der Waals surface area contributed by atoms with Crippen molar-refractivity contribution >= 4 is 23.2 Å². The quantitative estimate of drug-likeness (QED) is 0.793. The van der Waals surface area contributed by atoms with Gasteiger partial charge in [-0.05, 0) is 36.8 Å². The number of para-hydroxylation sites is 1. The molecule has 0 aliphatic carbocycles. The molecule has 2 aromatic rings. The lowest BCUT2D eigenvalue weighted by Crippen LogP contribution is -2.42. The van der Waals surface area contributed by atoms with Crippen molar-refractivity contribution in [3.63, 3.8) is 0 Å². The van der Waals surface area contributed by atoms with Gasteiger partial charge in [0.2, 0.25) is 5.91 Å². The number of hydrogen-bond donors (Lipinski definition) is 2. The lowest BCUT2D eigenvalue weighted by Gasteiger charge is -2.35. The number of phenols is 1. The second-order valence-corrected chi connectivity index (χ2v) is 7.18. The molecule has 2 N–H and O–H groups in total. The molecule has 2 aromatic carbocycles. The first-order valence-electron chi connectivity index (χ1n) is 9.07. The van der Waals surface area contributed by atoms with E-state index in [1.807, 2.05) is 11.9 Å². The summed E-state index contributed by atoms with van der Waals surface area (Å²) in [7, 11) is 5.29. The van der Waals surface area contributed by atoms with E-state index in [1.54, 1.807) is 57.4 Å². The predicted octanol–water partition coefficient (Wildman–Crippen LogP) is 2.63. The number of hydrogen-bond acceptors (Lipinski definition) is 5. The largest absolute Gasteiger partial charge is 0.505 e. The van der Waals surface area contributed by atoms with Crippen molar-refractivity contribution in [3.8, 4) is 11.5 Å². The number of benzene rings is 2. The van der Waals surface area contributed by atoms with Gasteiger partial charge < -0.3 is 25.0 Å². The minimum atomic E-state index is -0.217. The zero-order valence-corrected chi connectivity index (χ0v) is 16.5. The molecule has 0 fully saturated rings. The third-order valence-corrected chi connectivity index (χ3v) is 4.90. The summed E-state index contributed by atoms with van der Waals surface area (Å²) in [5.74, 6) is 0.448. The van der Waals surface area contributed by atoms with Crippen LogP contribution in [0.5, 0.6) is 11.5 Å². The van der Waals surface area contributed by atoms with Crippen molar-refractivity contribution in [3.05, 3.63) is 47.5 Å². The number of likely N-dealkylation sites (N-methyl/N-ethyl adjacent to an activating group) is 1. The van der Waals surface area contributed by atoms with Crippen molar-refractivity contribution in [2.24, 2.45) is 0 Å². The molecule has 28 heavy (non-hydrogen) atoms. The Kier molecular flexibility index (Phi) is 5.44. The number of rotatable bonds is 4. The summed E-state index contributed by atoms with van der Waals surface area (Å²) < 4.78 is 5.80. The van der Waals surface area contributed by atoms with Crippen molar-refractivity contribution in [2.75, 3.05) is 38.0 Å². The summed E-state index contributed by atoms with van der Waals surface area (Å²) in [5, 5.41) is 12.8. The maximum absolute atomic E-state index is 12.5. The van der Waals surface area contributed by atoms with Crippen LogP contribution in [0.4, 0.5) is 11.4 Å². The van der Waals surface area contributed by atoms with Gasteiger partial charge in [-0.2, -0.15) is 0 Å². The number of amides is 2. The molecule has 7 nitrogen and oxygen atoms in total. The van der Waals surface area contributed by atoms with Gasteiger partial charge in [-0.15, -0.1) is 0 Å². The summed E-state index contributed by atoms with van der Waals surface area (Å²) in [5.41, 5.74) is 2.43. The Labute approximate surface area is 164 Å². The molecule has 2 amide bonds. The fraction of sp³-hybridized carbons (Fsp3) is 0.333. The molecule has 0 bridgehead atoms. The van der Waals surface area contributed by atoms with E-state index in [1.165, 1.54) is 4.90 Å². The fourth-order valence-electron chi connectivity index (χ4n) is 3.17. The molecule has 1 heterocycles. The number of fused-ring (bicyclic) bond motifs is 1. The molecule has 7 heteroatoms. The molecule has 0 saturated heterocycles. The van der Waals surface area contributed by atoms with Crippen molar-refractivity contribution in [1.29, 1.82) is 0 Å². The lowest BCUT2D eigenvalue weighted by atomic mass is 10.1. The molecule has 1 aliphatic heterocycles. The average Bonchev–Trinajstić information content (AvgIpc) is 2.67. The zero-order chi connectivity index (χ0) is 20.4. The Bertz CT molecular complexity index is 911. The first-order valence-corrected chi connectivity index (χ1v) is 9.07. The van der Waals surface area contributed by atoms with Gasteiger partial charge in [0, 0.05) is 26.7 Å². The third kappa shape index (κ3) is 3.88. The molecule has 148 valence electrons. The van der Waals surface area contributed by atoms with Gasteiger partial charge in [0.1, 0.15) is 18.1 Å². The summed E-state index contributed by atoms with van der Waals surface area (Å²) in [6, 6.07) is 10.3. The number of aryl methyl sites for hydroxylation is 1. The highest BCUT2D eigenvalue weighted by molar-refractivity contribution is 5.96. The van der Waals surface area contributed by atoms with Gasteiger partial charge >= 0.3 is 0 Å². The zero-order valence-electron chi connectivity index (χ0n) is 16.5. The monoisotopic (exact) mass is 383 g/mol. The third-order valence-electron chi connectivity index (χ3n) is 4.90. The number of ether oxygens (including phenoxy) is 1. The van der Waals surface area contributed by atoms with Gasteiger partial charge in [-0.1, -0.05) is 12.1 Å². The maximum atomic E-state index is 12.5. The SMILES string of the molecule is Cc1cccc(NC(=O)C[C@@H]2COc3ccc(C(=O)N(C)C)cc3N2C)c1O. The van der Waals surface area contributed by atoms with Crippen LogP contribution in [0.25, 0.3) is 0 Å². The number of anilines is 2. The molecule has 1 atom stereocenters. The Morgan fingerprint density at radius 1 is 1.29 bits per heavy atom. The van der Waals surface area contributed by atoms with Crippen molar-refractivity contribution < 1.29 is 19.4 Å². The molecule has 1 aliphatic rings. The minimum absolute atomic E-state index is 0.0706. The first-order chi connectivity index (χ1) is 13.3. The van der Waals surface area contributed by atoms with Crippen LogP contribution in [0.3, 0.4) is 0 Å². The molecule has 0 aromatic heterocycles. The maximum Gasteiger partial charge on any atom is 0.253 e. The van der Waals surface area contributed by atoms with Gasteiger partial charge in [-0.3, -0.25) is 9.59 Å². The predicted molar refractivity (Wildman–Crippen MR) is 108 cm³/mol. The van der Waals surface area contributed by atoms with E-state index >= 15 is 0 Å². The normalized spacial score (nSPS) is 15.4. The highest BCUT2D eigenvalue weighted by atomic mass is 16.5. The smallest absolute Gasteiger partial charge is 0.253 e. The number of carbonyl (C=O) groups is 2. The van der Waals surface area contributed by atoms with E-state index < -0.39 is 0 Å². The Balaban J connectivity index is 1.73. The molecular formula is C21H25N3O4. The topological polar surface area (TPSA) is 82.1 Å². The Hall–Kier alpha value is -3.22. The van der Waals surface area contributed by atoms with Crippen LogP contribution in [0, 0.1) is 6.92 Å². The second kappa shape index (κ2) is 7.80. The van der Waals surface area contributed by atoms with E-state index in [2.05, 4.69) is 5.32 Å². The number of carbonyl (C=O) groups excluding carboxylic acids is 2. The van der Waals surface area contributed by atoms with Crippen LogP contribution in [-0.4, -0.2) is 55.6 Å². The Morgan fingerprint density at radius 2 is 2.04 bits per heavy atom. The lowest BCUT2D eigenvalue weighted by molar-refractivity contribution is -0.116. The van der Waals surface area contributed by atoms with Gasteiger partial charge in [0.25, 0.3) is 5.91 Å². The van der Waals surface area contributed by atoms with E-state index in [4.69, 9.17) is 4.74 Å². The van der Waals surface area contributed by atoms with E-state index in [0.717, 1.165) is 5.69 Å². The van der Waals surface area contributed by atoms with Gasteiger partial charge in [0.05, 0.1) is 23.8 Å². The number of aromatic hydroxyl groups is 1. The summed E-state index contributed by atoms with van der Waals surface area (Å²) >= 11 is 0. The summed E-state index contributed by atoms with van der Waals surface area (Å²) in [6.07, 6.45) is 0.190. The van der Waals surface area contributed by atoms with Crippen LogP contribution in [-0.2, 0) is 4.79 Å². The van der Waals surface area contributed by atoms with E-state index in [-0.39, 0.29) is 30.0 Å². The minimum Gasteiger partial charge on any atom is -0.505 e. The highest BCUT2D eigenvalue weighted by Crippen LogP contribution is 2.35. The van der Waals surface area contributed by atoms with Crippen molar-refractivity contribution in [1.82, 2.24) is 4.90 Å².